The third kappa shape index (κ3) is 6.13. The number of hydrogen-bond acceptors (Lipinski definition) is 5. The SMILES string of the molecule is CS(=O)(=O)c1ccc(CCOc2ccc(Cl)cc2NC(=O)c2cc(Cl)ccc2O)cc1. The minimum atomic E-state index is -3.24. The topological polar surface area (TPSA) is 92.7 Å². The summed E-state index contributed by atoms with van der Waals surface area (Å²) in [6.07, 6.45) is 1.68. The molecule has 9 heteroatoms. The smallest absolute Gasteiger partial charge is 0.259 e. The number of nitrogens with one attached hydrogen (secondary N) is 1. The number of ether oxygens (including phenoxy) is 1. The van der Waals surface area contributed by atoms with Crippen molar-refractivity contribution in [1.82, 2.24) is 0 Å². The van der Waals surface area contributed by atoms with E-state index in [0.717, 1.165) is 11.8 Å². The van der Waals surface area contributed by atoms with Gasteiger partial charge in [0, 0.05) is 22.7 Å². The highest BCUT2D eigenvalue weighted by Gasteiger charge is 2.15. The minimum absolute atomic E-state index is 0.0180. The second-order valence-corrected chi connectivity index (χ2v) is 9.66. The van der Waals surface area contributed by atoms with E-state index in [0.29, 0.717) is 27.9 Å². The fourth-order valence-electron chi connectivity index (χ4n) is 2.79. The molecule has 3 aromatic rings. The monoisotopic (exact) mass is 479 g/mol. The van der Waals surface area contributed by atoms with E-state index in [1.165, 1.54) is 24.3 Å². The Hall–Kier alpha value is -2.74. The van der Waals surface area contributed by atoms with Crippen molar-refractivity contribution in [3.8, 4) is 11.5 Å². The summed E-state index contributed by atoms with van der Waals surface area (Å²) in [5.41, 5.74) is 1.25. The summed E-state index contributed by atoms with van der Waals surface area (Å²) in [5, 5.41) is 13.3. The lowest BCUT2D eigenvalue weighted by molar-refractivity contribution is 0.102. The average Bonchev–Trinajstić information content (AvgIpc) is 2.71. The zero-order valence-corrected chi connectivity index (χ0v) is 18.8. The summed E-state index contributed by atoms with van der Waals surface area (Å²) in [5.74, 6) is -0.376. The highest BCUT2D eigenvalue weighted by Crippen LogP contribution is 2.30. The molecule has 31 heavy (non-hydrogen) atoms. The van der Waals surface area contributed by atoms with Crippen molar-refractivity contribution in [2.24, 2.45) is 0 Å². The van der Waals surface area contributed by atoms with Crippen LogP contribution in [-0.4, -0.2) is 32.3 Å². The maximum Gasteiger partial charge on any atom is 0.259 e. The second-order valence-electron chi connectivity index (χ2n) is 6.77. The molecule has 3 aromatic carbocycles. The van der Waals surface area contributed by atoms with Gasteiger partial charge in [-0.25, -0.2) is 8.42 Å². The van der Waals surface area contributed by atoms with E-state index in [1.54, 1.807) is 36.4 Å². The average molecular weight is 480 g/mol. The molecule has 3 rings (SSSR count). The molecule has 0 aliphatic rings. The third-order valence-electron chi connectivity index (χ3n) is 4.39. The number of sulfone groups is 1. The molecule has 0 bridgehead atoms. The lowest BCUT2D eigenvalue weighted by Crippen LogP contribution is -2.13. The van der Waals surface area contributed by atoms with Gasteiger partial charge in [-0.05, 0) is 54.1 Å². The lowest BCUT2D eigenvalue weighted by atomic mass is 10.1. The van der Waals surface area contributed by atoms with Crippen LogP contribution in [0.2, 0.25) is 10.0 Å². The van der Waals surface area contributed by atoms with Crippen LogP contribution >= 0.6 is 23.2 Å². The first kappa shape index (κ1) is 22.9. The maximum absolute atomic E-state index is 12.6. The van der Waals surface area contributed by atoms with Crippen molar-refractivity contribution in [3.63, 3.8) is 0 Å². The first-order valence-corrected chi connectivity index (χ1v) is 11.8. The molecule has 0 fully saturated rings. The van der Waals surface area contributed by atoms with Crippen molar-refractivity contribution < 1.29 is 23.1 Å². The Morgan fingerprint density at radius 3 is 2.32 bits per heavy atom. The number of rotatable bonds is 7. The largest absolute Gasteiger partial charge is 0.507 e. The maximum atomic E-state index is 12.6. The predicted octanol–water partition coefficient (Wildman–Crippen LogP) is 4.98. The first-order chi connectivity index (χ1) is 14.6. The number of halogens is 2. The molecule has 0 aliphatic heterocycles. The molecule has 6 nitrogen and oxygen atoms in total. The van der Waals surface area contributed by atoms with E-state index >= 15 is 0 Å². The molecule has 162 valence electrons. The molecule has 0 saturated heterocycles. The van der Waals surface area contributed by atoms with Crippen LogP contribution in [0, 0.1) is 0 Å². The lowest BCUT2D eigenvalue weighted by Gasteiger charge is -2.14. The summed E-state index contributed by atoms with van der Waals surface area (Å²) < 4.78 is 28.9. The van der Waals surface area contributed by atoms with Crippen molar-refractivity contribution in [3.05, 3.63) is 81.8 Å². The molecule has 0 aromatic heterocycles. The number of hydrogen-bond donors (Lipinski definition) is 2. The number of carbonyl (C=O) groups is 1. The fourth-order valence-corrected chi connectivity index (χ4v) is 3.76. The molecular formula is C22H19Cl2NO5S. The van der Waals surface area contributed by atoms with E-state index in [1.807, 2.05) is 0 Å². The summed E-state index contributed by atoms with van der Waals surface area (Å²) in [4.78, 5) is 12.8. The van der Waals surface area contributed by atoms with Gasteiger partial charge in [-0.1, -0.05) is 35.3 Å². The van der Waals surface area contributed by atoms with Gasteiger partial charge in [-0.2, -0.15) is 0 Å². The van der Waals surface area contributed by atoms with Crippen molar-refractivity contribution in [2.75, 3.05) is 18.2 Å². The summed E-state index contributed by atoms with van der Waals surface area (Å²) in [6.45, 7) is 0.283. The molecule has 1 amide bonds. The highest BCUT2D eigenvalue weighted by atomic mass is 35.5. The van der Waals surface area contributed by atoms with Gasteiger partial charge in [0.2, 0.25) is 0 Å². The zero-order chi connectivity index (χ0) is 22.6. The van der Waals surface area contributed by atoms with Crippen molar-refractivity contribution in [2.45, 2.75) is 11.3 Å². The molecule has 0 heterocycles. The van der Waals surface area contributed by atoms with Gasteiger partial charge in [0.15, 0.2) is 9.84 Å². The Morgan fingerprint density at radius 1 is 1.00 bits per heavy atom. The van der Waals surface area contributed by atoms with Crippen molar-refractivity contribution >= 4 is 44.6 Å². The van der Waals surface area contributed by atoms with Gasteiger partial charge in [0.05, 0.1) is 22.8 Å². The predicted molar refractivity (Wildman–Crippen MR) is 121 cm³/mol. The van der Waals surface area contributed by atoms with Crippen LogP contribution in [0.25, 0.3) is 0 Å². The Balaban J connectivity index is 1.70. The first-order valence-electron chi connectivity index (χ1n) is 9.15. The Labute approximate surface area is 190 Å². The number of aromatic hydroxyl groups is 1. The number of phenolic OH excluding ortho intramolecular Hbond substituents is 1. The van der Waals surface area contributed by atoms with E-state index in [4.69, 9.17) is 27.9 Å². The third-order valence-corrected chi connectivity index (χ3v) is 5.99. The van der Waals surface area contributed by atoms with Crippen LogP contribution in [0.4, 0.5) is 5.69 Å². The van der Waals surface area contributed by atoms with E-state index in [-0.39, 0.29) is 22.8 Å². The molecule has 0 spiro atoms. The number of carbonyl (C=O) groups excluding carboxylic acids is 1. The fraction of sp³-hybridized carbons (Fsp3) is 0.136. The molecule has 0 atom stereocenters. The van der Waals surface area contributed by atoms with Gasteiger partial charge < -0.3 is 15.2 Å². The van der Waals surface area contributed by atoms with Crippen LogP contribution in [0.5, 0.6) is 11.5 Å². The zero-order valence-electron chi connectivity index (χ0n) is 16.4. The van der Waals surface area contributed by atoms with E-state index in [2.05, 4.69) is 5.32 Å². The number of anilines is 1. The minimum Gasteiger partial charge on any atom is -0.507 e. The standard InChI is InChI=1S/C22H19Cl2NO5S/c1-31(28,29)17-6-2-14(3-7-17)10-11-30-21-9-5-16(24)13-19(21)25-22(27)18-12-15(23)4-8-20(18)26/h2-9,12-13,26H,10-11H2,1H3,(H,25,27). The van der Waals surface area contributed by atoms with Gasteiger partial charge in [-0.3, -0.25) is 4.79 Å². The van der Waals surface area contributed by atoms with Gasteiger partial charge in [0.25, 0.3) is 5.91 Å². The summed E-state index contributed by atoms with van der Waals surface area (Å²) in [7, 11) is -3.24. The second kappa shape index (κ2) is 9.60. The van der Waals surface area contributed by atoms with Crippen molar-refractivity contribution in [1.29, 1.82) is 0 Å². The molecule has 0 unspecified atom stereocenters. The van der Waals surface area contributed by atoms with Crippen LogP contribution in [-0.2, 0) is 16.3 Å². The summed E-state index contributed by atoms with van der Waals surface area (Å²) >= 11 is 12.0. The molecule has 0 radical (unpaired) electrons. The molecule has 0 saturated carbocycles. The number of amides is 1. The van der Waals surface area contributed by atoms with E-state index < -0.39 is 15.7 Å². The van der Waals surface area contributed by atoms with Gasteiger partial charge in [-0.15, -0.1) is 0 Å². The molecule has 2 N–H and O–H groups in total. The number of phenols is 1. The Bertz CT molecular complexity index is 1210. The van der Waals surface area contributed by atoms with Gasteiger partial charge in [0.1, 0.15) is 11.5 Å². The quantitative estimate of drug-likeness (QED) is 0.498. The normalized spacial score (nSPS) is 11.2. The van der Waals surface area contributed by atoms with Crippen LogP contribution in [0.1, 0.15) is 15.9 Å². The van der Waals surface area contributed by atoms with Crippen LogP contribution in [0.3, 0.4) is 0 Å². The van der Waals surface area contributed by atoms with Crippen LogP contribution in [0.15, 0.2) is 65.6 Å². The number of benzene rings is 3. The Morgan fingerprint density at radius 2 is 1.65 bits per heavy atom. The Kier molecular flexibility index (Phi) is 7.10. The van der Waals surface area contributed by atoms with Crippen LogP contribution < -0.4 is 10.1 Å². The summed E-state index contributed by atoms with van der Waals surface area (Å²) in [6, 6.07) is 15.5. The van der Waals surface area contributed by atoms with E-state index in [9.17, 15) is 18.3 Å². The highest BCUT2D eigenvalue weighted by molar-refractivity contribution is 7.90. The van der Waals surface area contributed by atoms with Gasteiger partial charge >= 0.3 is 0 Å². The molecular weight excluding hydrogens is 461 g/mol. The molecule has 0 aliphatic carbocycles.